The van der Waals surface area contributed by atoms with Gasteiger partial charge in [0.15, 0.2) is 0 Å². The first-order chi connectivity index (χ1) is 9.84. The van der Waals surface area contributed by atoms with Gasteiger partial charge in [-0.25, -0.2) is 0 Å². The van der Waals surface area contributed by atoms with E-state index in [1.165, 1.54) is 12.0 Å². The summed E-state index contributed by atoms with van der Waals surface area (Å²) in [5, 5.41) is 3.12. The highest BCUT2D eigenvalue weighted by Gasteiger charge is 2.33. The molecule has 3 nitrogen and oxygen atoms in total. The Balaban J connectivity index is 1.80. The van der Waals surface area contributed by atoms with Gasteiger partial charge in [0.1, 0.15) is 12.6 Å². The molecule has 116 valence electrons. The second kappa shape index (κ2) is 6.50. The van der Waals surface area contributed by atoms with Crippen molar-refractivity contribution in [2.24, 2.45) is 11.3 Å². The SMILES string of the molecule is Cc1ccc(NCC(=O)OC2CC(C)CC(C)(C)C2)cc1. The van der Waals surface area contributed by atoms with Crippen molar-refractivity contribution in [1.82, 2.24) is 0 Å². The molecule has 1 aromatic rings. The molecule has 2 atom stereocenters. The Kier molecular flexibility index (Phi) is 4.92. The van der Waals surface area contributed by atoms with Crippen LogP contribution in [0.3, 0.4) is 0 Å². The standard InChI is InChI=1S/C18H27NO2/c1-13-5-7-15(8-6-13)19-12-17(20)21-16-9-14(2)10-18(3,4)11-16/h5-8,14,16,19H,9-12H2,1-4H3. The van der Waals surface area contributed by atoms with Crippen LogP contribution in [0.15, 0.2) is 24.3 Å². The number of aryl methyl sites for hydroxylation is 1. The van der Waals surface area contributed by atoms with E-state index >= 15 is 0 Å². The van der Waals surface area contributed by atoms with Gasteiger partial charge in [0, 0.05) is 5.69 Å². The molecule has 2 rings (SSSR count). The molecule has 0 bridgehead atoms. The summed E-state index contributed by atoms with van der Waals surface area (Å²) in [7, 11) is 0. The molecular formula is C18H27NO2. The highest BCUT2D eigenvalue weighted by molar-refractivity contribution is 5.75. The van der Waals surface area contributed by atoms with E-state index in [0.29, 0.717) is 5.92 Å². The average molecular weight is 289 g/mol. The van der Waals surface area contributed by atoms with Crippen LogP contribution in [0.1, 0.15) is 45.6 Å². The van der Waals surface area contributed by atoms with Crippen LogP contribution in [-0.4, -0.2) is 18.6 Å². The van der Waals surface area contributed by atoms with E-state index in [1.807, 2.05) is 31.2 Å². The smallest absolute Gasteiger partial charge is 0.325 e. The van der Waals surface area contributed by atoms with E-state index in [-0.39, 0.29) is 24.0 Å². The van der Waals surface area contributed by atoms with Gasteiger partial charge in [-0.1, -0.05) is 38.5 Å². The number of nitrogens with one attached hydrogen (secondary N) is 1. The van der Waals surface area contributed by atoms with Gasteiger partial charge in [0.05, 0.1) is 0 Å². The van der Waals surface area contributed by atoms with Gasteiger partial charge in [0.2, 0.25) is 0 Å². The number of carbonyl (C=O) groups excluding carboxylic acids is 1. The van der Waals surface area contributed by atoms with Crippen LogP contribution < -0.4 is 5.32 Å². The normalized spacial score (nSPS) is 24.4. The van der Waals surface area contributed by atoms with Crippen LogP contribution >= 0.6 is 0 Å². The summed E-state index contributed by atoms with van der Waals surface area (Å²) in [6.07, 6.45) is 3.23. The van der Waals surface area contributed by atoms with Crippen LogP contribution in [0.4, 0.5) is 5.69 Å². The van der Waals surface area contributed by atoms with Crippen LogP contribution in [0.25, 0.3) is 0 Å². The summed E-state index contributed by atoms with van der Waals surface area (Å²) in [4.78, 5) is 12.0. The Labute approximate surface area is 128 Å². The van der Waals surface area contributed by atoms with E-state index in [0.717, 1.165) is 18.5 Å². The first-order valence-corrected chi connectivity index (χ1v) is 7.84. The number of carbonyl (C=O) groups is 1. The molecule has 0 radical (unpaired) electrons. The van der Waals surface area contributed by atoms with Gasteiger partial charge in [0.25, 0.3) is 0 Å². The monoisotopic (exact) mass is 289 g/mol. The zero-order valence-corrected chi connectivity index (χ0v) is 13.6. The second-order valence-corrected chi connectivity index (χ2v) is 7.24. The van der Waals surface area contributed by atoms with E-state index in [9.17, 15) is 4.79 Å². The molecule has 1 aromatic carbocycles. The largest absolute Gasteiger partial charge is 0.461 e. The third kappa shape index (κ3) is 5.07. The molecule has 1 fully saturated rings. The highest BCUT2D eigenvalue weighted by Crippen LogP contribution is 2.39. The molecule has 2 unspecified atom stereocenters. The van der Waals surface area contributed by atoms with E-state index in [1.54, 1.807) is 0 Å². The minimum Gasteiger partial charge on any atom is -0.461 e. The van der Waals surface area contributed by atoms with Crippen molar-refractivity contribution in [1.29, 1.82) is 0 Å². The second-order valence-electron chi connectivity index (χ2n) is 7.24. The lowest BCUT2D eigenvalue weighted by atomic mass is 9.71. The van der Waals surface area contributed by atoms with Gasteiger partial charge in [-0.3, -0.25) is 4.79 Å². The average Bonchev–Trinajstić information content (AvgIpc) is 2.35. The maximum Gasteiger partial charge on any atom is 0.325 e. The van der Waals surface area contributed by atoms with Crippen molar-refractivity contribution >= 4 is 11.7 Å². The molecule has 1 aliphatic carbocycles. The number of ether oxygens (including phenoxy) is 1. The van der Waals surface area contributed by atoms with Crippen LogP contribution in [0.5, 0.6) is 0 Å². The lowest BCUT2D eigenvalue weighted by Crippen LogP contribution is -2.35. The van der Waals surface area contributed by atoms with E-state index in [2.05, 4.69) is 26.1 Å². The van der Waals surface area contributed by atoms with Crippen molar-refractivity contribution in [2.75, 3.05) is 11.9 Å². The van der Waals surface area contributed by atoms with Gasteiger partial charge in [-0.15, -0.1) is 0 Å². The van der Waals surface area contributed by atoms with Crippen molar-refractivity contribution in [3.63, 3.8) is 0 Å². The third-order valence-electron chi connectivity index (χ3n) is 4.13. The molecule has 1 N–H and O–H groups in total. The number of esters is 1. The predicted molar refractivity (Wildman–Crippen MR) is 86.3 cm³/mol. The Morgan fingerprint density at radius 3 is 2.57 bits per heavy atom. The molecule has 0 aromatic heterocycles. The summed E-state index contributed by atoms with van der Waals surface area (Å²) in [6.45, 7) is 9.03. The fourth-order valence-electron chi connectivity index (χ4n) is 3.42. The van der Waals surface area contributed by atoms with Crippen molar-refractivity contribution < 1.29 is 9.53 Å². The van der Waals surface area contributed by atoms with Crippen molar-refractivity contribution in [3.05, 3.63) is 29.8 Å². The summed E-state index contributed by atoms with van der Waals surface area (Å²) >= 11 is 0. The van der Waals surface area contributed by atoms with Gasteiger partial charge >= 0.3 is 5.97 Å². The molecule has 21 heavy (non-hydrogen) atoms. The number of rotatable bonds is 4. The fourth-order valence-corrected chi connectivity index (χ4v) is 3.42. The molecule has 0 spiro atoms. The Bertz CT molecular complexity index is 478. The molecule has 0 saturated heterocycles. The number of hydrogen-bond acceptors (Lipinski definition) is 3. The van der Waals surface area contributed by atoms with Crippen LogP contribution in [-0.2, 0) is 9.53 Å². The quantitative estimate of drug-likeness (QED) is 0.846. The predicted octanol–water partition coefficient (Wildman–Crippen LogP) is 4.16. The maximum absolute atomic E-state index is 12.0. The van der Waals surface area contributed by atoms with Gasteiger partial charge < -0.3 is 10.1 Å². The first kappa shape index (κ1) is 15.9. The summed E-state index contributed by atoms with van der Waals surface area (Å²) in [6, 6.07) is 8.01. The maximum atomic E-state index is 12.0. The Morgan fingerprint density at radius 1 is 1.29 bits per heavy atom. The van der Waals surface area contributed by atoms with Gasteiger partial charge in [-0.05, 0) is 49.7 Å². The molecule has 0 amide bonds. The van der Waals surface area contributed by atoms with E-state index in [4.69, 9.17) is 4.74 Å². The summed E-state index contributed by atoms with van der Waals surface area (Å²) in [5.41, 5.74) is 2.43. The van der Waals surface area contributed by atoms with Crippen LogP contribution in [0.2, 0.25) is 0 Å². The molecule has 3 heteroatoms. The molecule has 1 aliphatic rings. The zero-order chi connectivity index (χ0) is 15.5. The number of benzene rings is 1. The topological polar surface area (TPSA) is 38.3 Å². The third-order valence-corrected chi connectivity index (χ3v) is 4.13. The molecule has 0 heterocycles. The van der Waals surface area contributed by atoms with E-state index < -0.39 is 0 Å². The minimum atomic E-state index is -0.162. The number of anilines is 1. The summed E-state index contributed by atoms with van der Waals surface area (Å²) < 4.78 is 5.64. The van der Waals surface area contributed by atoms with Crippen LogP contribution in [0, 0.1) is 18.3 Å². The Hall–Kier alpha value is -1.51. The number of hydrogen-bond donors (Lipinski definition) is 1. The minimum absolute atomic E-state index is 0.0658. The van der Waals surface area contributed by atoms with Crippen molar-refractivity contribution in [2.45, 2.75) is 53.1 Å². The molecule has 1 saturated carbocycles. The zero-order valence-electron chi connectivity index (χ0n) is 13.6. The van der Waals surface area contributed by atoms with Gasteiger partial charge in [-0.2, -0.15) is 0 Å². The summed E-state index contributed by atoms with van der Waals surface area (Å²) in [5.74, 6) is 0.460. The molecular weight excluding hydrogens is 262 g/mol. The molecule has 0 aliphatic heterocycles. The first-order valence-electron chi connectivity index (χ1n) is 7.84. The fraction of sp³-hybridized carbons (Fsp3) is 0.611. The lowest BCUT2D eigenvalue weighted by Gasteiger charge is -2.38. The van der Waals surface area contributed by atoms with Crippen molar-refractivity contribution in [3.8, 4) is 0 Å². The highest BCUT2D eigenvalue weighted by atomic mass is 16.5. The Morgan fingerprint density at radius 2 is 1.95 bits per heavy atom. The lowest BCUT2D eigenvalue weighted by molar-refractivity contribution is -0.151.